The molecule has 1 amide bonds. The van der Waals surface area contributed by atoms with Gasteiger partial charge in [0.15, 0.2) is 5.82 Å². The molecule has 1 aliphatic heterocycles. The van der Waals surface area contributed by atoms with Gasteiger partial charge in [-0.25, -0.2) is 4.98 Å². The number of amides is 1. The summed E-state index contributed by atoms with van der Waals surface area (Å²) >= 11 is 0. The van der Waals surface area contributed by atoms with Crippen LogP contribution in [0, 0.1) is 0 Å². The van der Waals surface area contributed by atoms with E-state index in [0.717, 1.165) is 32.2 Å². The molecule has 6 heteroatoms. The first-order valence-corrected chi connectivity index (χ1v) is 7.47. The second-order valence-electron chi connectivity index (χ2n) is 6.03. The number of hydrogen-bond donors (Lipinski definition) is 0. The number of methoxy groups -OCH3 is 2. The maximum absolute atomic E-state index is 12.8. The number of hydrogen-bond acceptors (Lipinski definition) is 4. The number of carbonyl (C=O) groups excluding carboxylic acids is 1. The number of ether oxygens (including phenoxy) is 2. The largest absolute Gasteiger partial charge is 0.381 e. The molecule has 0 unspecified atom stereocenters. The van der Waals surface area contributed by atoms with Gasteiger partial charge < -0.3 is 18.9 Å². The summed E-state index contributed by atoms with van der Waals surface area (Å²) < 4.78 is 13.1. The summed E-state index contributed by atoms with van der Waals surface area (Å²) in [7, 11) is 5.35. The summed E-state index contributed by atoms with van der Waals surface area (Å²) in [5, 5.41) is 0. The first kappa shape index (κ1) is 14.5. The Morgan fingerprint density at radius 2 is 2.24 bits per heavy atom. The molecular formula is C15H23N3O3. The number of carbonyl (C=O) groups is 1. The van der Waals surface area contributed by atoms with Crippen LogP contribution >= 0.6 is 0 Å². The summed E-state index contributed by atoms with van der Waals surface area (Å²) in [6.07, 6.45) is 7.31. The van der Waals surface area contributed by atoms with Crippen molar-refractivity contribution < 1.29 is 14.3 Å². The Balaban J connectivity index is 1.86. The average molecular weight is 293 g/mol. The van der Waals surface area contributed by atoms with Gasteiger partial charge in [-0.05, 0) is 25.7 Å². The number of aryl methyl sites for hydroxylation is 1. The summed E-state index contributed by atoms with van der Waals surface area (Å²) in [6, 6.07) is 0.0744. The molecule has 1 saturated carbocycles. The Bertz CT molecular complexity index is 530. The van der Waals surface area contributed by atoms with Gasteiger partial charge >= 0.3 is 0 Å². The van der Waals surface area contributed by atoms with Gasteiger partial charge in [0.2, 0.25) is 0 Å². The monoisotopic (exact) mass is 293 g/mol. The minimum absolute atomic E-state index is 0.0109. The summed E-state index contributed by atoms with van der Waals surface area (Å²) in [5.74, 6) is 0.477. The van der Waals surface area contributed by atoms with Gasteiger partial charge in [0.05, 0.1) is 17.7 Å². The molecule has 0 N–H and O–H groups in total. The maximum atomic E-state index is 12.8. The third-order valence-corrected chi connectivity index (χ3v) is 5.15. The normalized spacial score (nSPS) is 32.2. The molecule has 21 heavy (non-hydrogen) atoms. The van der Waals surface area contributed by atoms with Crippen LogP contribution < -0.4 is 0 Å². The van der Waals surface area contributed by atoms with Crippen LogP contribution in [0.4, 0.5) is 0 Å². The standard InChI is InChI=1S/C15H23N3O3/c1-17-9-7-16-13(17)14(19)18-8-6-15(21-3)5-4-11(20-2)10-12(15)18/h7,9,11-12H,4-6,8,10H2,1-3H3/t11-,12+,15-/m1/s1. The zero-order chi connectivity index (χ0) is 15.0. The molecule has 1 aromatic rings. The molecule has 1 aromatic heterocycles. The highest BCUT2D eigenvalue weighted by Gasteiger charge is 2.53. The van der Waals surface area contributed by atoms with E-state index < -0.39 is 0 Å². The smallest absolute Gasteiger partial charge is 0.290 e. The van der Waals surface area contributed by atoms with E-state index in [2.05, 4.69) is 4.98 Å². The molecule has 2 heterocycles. The highest BCUT2D eigenvalue weighted by atomic mass is 16.5. The van der Waals surface area contributed by atoms with Crippen molar-refractivity contribution in [2.24, 2.45) is 7.05 Å². The van der Waals surface area contributed by atoms with Gasteiger partial charge in [0.25, 0.3) is 5.91 Å². The summed E-state index contributed by atoms with van der Waals surface area (Å²) in [6.45, 7) is 0.723. The van der Waals surface area contributed by atoms with E-state index in [1.165, 1.54) is 0 Å². The fourth-order valence-electron chi connectivity index (χ4n) is 3.82. The quantitative estimate of drug-likeness (QED) is 0.841. The van der Waals surface area contributed by atoms with E-state index >= 15 is 0 Å². The molecule has 0 bridgehead atoms. The lowest BCUT2D eigenvalue weighted by Gasteiger charge is -2.43. The van der Waals surface area contributed by atoms with Crippen LogP contribution in [0.15, 0.2) is 12.4 Å². The van der Waals surface area contributed by atoms with Crippen molar-refractivity contribution in [2.45, 2.75) is 43.4 Å². The summed E-state index contributed by atoms with van der Waals surface area (Å²) in [4.78, 5) is 18.9. The molecular weight excluding hydrogens is 270 g/mol. The van der Waals surface area contributed by atoms with Crippen LogP contribution in [0.5, 0.6) is 0 Å². The van der Waals surface area contributed by atoms with Gasteiger partial charge in [-0.3, -0.25) is 4.79 Å². The second-order valence-corrected chi connectivity index (χ2v) is 6.03. The SMILES string of the molecule is CO[C@@H]1CC[C@@]2(OC)CCN(C(=O)c3nccn3C)[C@H]2C1. The second kappa shape index (κ2) is 5.42. The first-order chi connectivity index (χ1) is 10.1. The highest BCUT2D eigenvalue weighted by molar-refractivity contribution is 5.91. The van der Waals surface area contributed by atoms with Crippen molar-refractivity contribution in [3.05, 3.63) is 18.2 Å². The summed E-state index contributed by atoms with van der Waals surface area (Å²) in [5.41, 5.74) is -0.212. The third-order valence-electron chi connectivity index (χ3n) is 5.15. The molecule has 0 radical (unpaired) electrons. The van der Waals surface area contributed by atoms with Crippen molar-refractivity contribution in [3.63, 3.8) is 0 Å². The van der Waals surface area contributed by atoms with E-state index in [9.17, 15) is 4.79 Å². The molecule has 0 spiro atoms. The Kier molecular flexibility index (Phi) is 3.75. The van der Waals surface area contributed by atoms with E-state index in [1.54, 1.807) is 31.2 Å². The molecule has 6 nitrogen and oxygen atoms in total. The minimum Gasteiger partial charge on any atom is -0.381 e. The molecule has 116 valence electrons. The molecule has 3 rings (SSSR count). The van der Waals surface area contributed by atoms with E-state index in [0.29, 0.717) is 5.82 Å². The van der Waals surface area contributed by atoms with Crippen molar-refractivity contribution in [1.82, 2.24) is 14.5 Å². The number of likely N-dealkylation sites (tertiary alicyclic amines) is 1. The zero-order valence-electron chi connectivity index (χ0n) is 12.9. The van der Waals surface area contributed by atoms with Crippen LogP contribution in [-0.4, -0.2) is 58.9 Å². The first-order valence-electron chi connectivity index (χ1n) is 7.47. The molecule has 0 aromatic carbocycles. The van der Waals surface area contributed by atoms with Gasteiger partial charge in [-0.2, -0.15) is 0 Å². The topological polar surface area (TPSA) is 56.6 Å². The lowest BCUT2D eigenvalue weighted by Crippen LogP contribution is -2.53. The van der Waals surface area contributed by atoms with Gasteiger partial charge in [-0.15, -0.1) is 0 Å². The Morgan fingerprint density at radius 1 is 1.43 bits per heavy atom. The van der Waals surface area contributed by atoms with Crippen molar-refractivity contribution in [2.75, 3.05) is 20.8 Å². The Hall–Kier alpha value is -1.40. The third kappa shape index (κ3) is 2.26. The Morgan fingerprint density at radius 3 is 2.86 bits per heavy atom. The number of nitrogens with zero attached hydrogens (tertiary/aromatic N) is 3. The van der Waals surface area contributed by atoms with Crippen molar-refractivity contribution in [3.8, 4) is 0 Å². The van der Waals surface area contributed by atoms with Crippen LogP contribution in [0.2, 0.25) is 0 Å². The van der Waals surface area contributed by atoms with Crippen molar-refractivity contribution in [1.29, 1.82) is 0 Å². The predicted octanol–water partition coefficient (Wildman–Crippen LogP) is 1.22. The van der Waals surface area contributed by atoms with Gasteiger partial charge in [0, 0.05) is 40.2 Å². The fraction of sp³-hybridized carbons (Fsp3) is 0.733. The Labute approximate surface area is 125 Å². The van der Waals surface area contributed by atoms with Crippen molar-refractivity contribution >= 4 is 5.91 Å². The number of aromatic nitrogens is 2. The minimum atomic E-state index is -0.212. The molecule has 1 aliphatic carbocycles. The highest BCUT2D eigenvalue weighted by Crippen LogP contribution is 2.43. The molecule has 1 saturated heterocycles. The lowest BCUT2D eigenvalue weighted by molar-refractivity contribution is -0.0894. The lowest BCUT2D eigenvalue weighted by atomic mass is 9.79. The maximum Gasteiger partial charge on any atom is 0.290 e. The number of fused-ring (bicyclic) bond motifs is 1. The van der Waals surface area contributed by atoms with Gasteiger partial charge in [-0.1, -0.05) is 0 Å². The van der Waals surface area contributed by atoms with E-state index in [4.69, 9.17) is 9.47 Å². The predicted molar refractivity (Wildman–Crippen MR) is 77.0 cm³/mol. The van der Waals surface area contributed by atoms with Crippen LogP contribution in [0.25, 0.3) is 0 Å². The van der Waals surface area contributed by atoms with Gasteiger partial charge in [0.1, 0.15) is 0 Å². The zero-order valence-corrected chi connectivity index (χ0v) is 12.9. The van der Waals surface area contributed by atoms with Crippen LogP contribution in [-0.2, 0) is 16.5 Å². The van der Waals surface area contributed by atoms with Crippen LogP contribution in [0.3, 0.4) is 0 Å². The average Bonchev–Trinajstić information content (AvgIpc) is 3.10. The fourth-order valence-corrected chi connectivity index (χ4v) is 3.82. The molecule has 2 aliphatic rings. The number of imidazole rings is 1. The number of rotatable bonds is 3. The van der Waals surface area contributed by atoms with E-state index in [-0.39, 0.29) is 23.7 Å². The molecule has 3 atom stereocenters. The molecule has 2 fully saturated rings. The van der Waals surface area contributed by atoms with Crippen LogP contribution in [0.1, 0.15) is 36.3 Å². The van der Waals surface area contributed by atoms with E-state index in [1.807, 2.05) is 11.9 Å².